The zero-order valence-corrected chi connectivity index (χ0v) is 5.91. The molecule has 0 aromatic rings. The molecule has 0 atom stereocenters. The summed E-state index contributed by atoms with van der Waals surface area (Å²) in [7, 11) is 0. The van der Waals surface area contributed by atoms with E-state index < -0.39 is 0 Å². The van der Waals surface area contributed by atoms with Gasteiger partial charge in [-0.3, -0.25) is 0 Å². The first-order valence-corrected chi connectivity index (χ1v) is 2.85. The molecule has 1 radical (unpaired) electrons. The third-order valence-corrected chi connectivity index (χ3v) is 1.09. The quantitative estimate of drug-likeness (QED) is 0.453. The first-order valence-electron chi connectivity index (χ1n) is 2.85. The topological polar surface area (TPSA) is 0 Å². The SMILES string of the molecule is [CH2]CC(C)(C)C#CC. The Morgan fingerprint density at radius 1 is 1.50 bits per heavy atom. The Hall–Kier alpha value is -0.440. The van der Waals surface area contributed by atoms with Crippen molar-refractivity contribution in [2.24, 2.45) is 5.41 Å². The van der Waals surface area contributed by atoms with Gasteiger partial charge in [-0.15, -0.1) is 5.92 Å². The average Bonchev–Trinajstić information content (AvgIpc) is 1.67. The van der Waals surface area contributed by atoms with Crippen LogP contribution in [0.2, 0.25) is 0 Å². The predicted octanol–water partition coefficient (Wildman–Crippen LogP) is 2.26. The minimum absolute atomic E-state index is 0.120. The van der Waals surface area contributed by atoms with Gasteiger partial charge in [-0.05, 0) is 27.2 Å². The van der Waals surface area contributed by atoms with Crippen LogP contribution in [0.25, 0.3) is 0 Å². The molecule has 0 nitrogen and oxygen atoms in total. The maximum absolute atomic E-state index is 3.77. The first kappa shape index (κ1) is 7.56. The summed E-state index contributed by atoms with van der Waals surface area (Å²) in [5, 5.41) is 0. The fraction of sp³-hybridized carbons (Fsp3) is 0.625. The van der Waals surface area contributed by atoms with Gasteiger partial charge in [-0.1, -0.05) is 12.8 Å². The molecule has 0 aliphatic carbocycles. The molecule has 0 amide bonds. The summed E-state index contributed by atoms with van der Waals surface area (Å²) in [5.41, 5.74) is 0.120. The first-order chi connectivity index (χ1) is 3.62. The van der Waals surface area contributed by atoms with Crippen molar-refractivity contribution in [1.29, 1.82) is 0 Å². The van der Waals surface area contributed by atoms with Gasteiger partial charge in [0.25, 0.3) is 0 Å². The summed E-state index contributed by atoms with van der Waals surface area (Å²) >= 11 is 0. The molecule has 0 saturated heterocycles. The number of hydrogen-bond donors (Lipinski definition) is 0. The van der Waals surface area contributed by atoms with Crippen LogP contribution in [0.15, 0.2) is 0 Å². The molecule has 0 aliphatic heterocycles. The van der Waals surface area contributed by atoms with Gasteiger partial charge < -0.3 is 0 Å². The molecule has 0 rings (SSSR count). The molecule has 0 aromatic heterocycles. The molecule has 0 bridgehead atoms. The highest BCUT2D eigenvalue weighted by Gasteiger charge is 2.08. The Morgan fingerprint density at radius 2 is 2.00 bits per heavy atom. The molecular weight excluding hydrogens is 96.1 g/mol. The zero-order chi connectivity index (χ0) is 6.62. The third kappa shape index (κ3) is 2.69. The molecule has 8 heavy (non-hydrogen) atoms. The standard InChI is InChI=1S/C8H13/c1-5-7-8(3,4)6-2/h2,6H2,1,3-4H3. The van der Waals surface area contributed by atoms with E-state index in [9.17, 15) is 0 Å². The van der Waals surface area contributed by atoms with Crippen LogP contribution in [0, 0.1) is 24.2 Å². The highest BCUT2D eigenvalue weighted by Crippen LogP contribution is 2.16. The van der Waals surface area contributed by atoms with Gasteiger partial charge in [0.2, 0.25) is 0 Å². The van der Waals surface area contributed by atoms with Crippen LogP contribution in [0.1, 0.15) is 27.2 Å². The van der Waals surface area contributed by atoms with Crippen LogP contribution in [0.5, 0.6) is 0 Å². The Labute approximate surface area is 52.3 Å². The van der Waals surface area contributed by atoms with Crippen molar-refractivity contribution < 1.29 is 0 Å². The normalized spacial score (nSPS) is 10.0. The molecule has 0 heteroatoms. The smallest absolute Gasteiger partial charge is 0.0258 e. The van der Waals surface area contributed by atoms with Crippen LogP contribution < -0.4 is 0 Å². The van der Waals surface area contributed by atoms with Gasteiger partial charge in [0, 0.05) is 5.41 Å². The molecule has 0 spiro atoms. The van der Waals surface area contributed by atoms with E-state index in [1.807, 2.05) is 6.92 Å². The van der Waals surface area contributed by atoms with Crippen molar-refractivity contribution in [2.75, 3.05) is 0 Å². The van der Waals surface area contributed by atoms with E-state index in [1.165, 1.54) is 0 Å². The number of hydrogen-bond acceptors (Lipinski definition) is 0. The highest BCUT2D eigenvalue weighted by atomic mass is 14.1. The Morgan fingerprint density at radius 3 is 2.12 bits per heavy atom. The van der Waals surface area contributed by atoms with Gasteiger partial charge in [0.1, 0.15) is 0 Å². The highest BCUT2D eigenvalue weighted by molar-refractivity contribution is 5.06. The lowest BCUT2D eigenvalue weighted by Crippen LogP contribution is -2.04. The lowest BCUT2D eigenvalue weighted by molar-refractivity contribution is 0.510. The molecule has 0 unspecified atom stereocenters. The van der Waals surface area contributed by atoms with E-state index in [4.69, 9.17) is 0 Å². The van der Waals surface area contributed by atoms with Crippen LogP contribution in [-0.4, -0.2) is 0 Å². The second-order valence-electron chi connectivity index (χ2n) is 2.51. The van der Waals surface area contributed by atoms with Gasteiger partial charge in [0.05, 0.1) is 0 Å². The second kappa shape index (κ2) is 2.77. The fourth-order valence-corrected chi connectivity index (χ4v) is 0.401. The van der Waals surface area contributed by atoms with Crippen LogP contribution >= 0.6 is 0 Å². The summed E-state index contributed by atoms with van der Waals surface area (Å²) in [6.45, 7) is 9.82. The summed E-state index contributed by atoms with van der Waals surface area (Å²) in [6.07, 6.45) is 0.883. The molecule has 45 valence electrons. The Balaban J connectivity index is 3.85. The van der Waals surface area contributed by atoms with Crippen molar-refractivity contribution in [1.82, 2.24) is 0 Å². The molecule has 0 aliphatic rings. The fourth-order valence-electron chi connectivity index (χ4n) is 0.401. The van der Waals surface area contributed by atoms with E-state index >= 15 is 0 Å². The van der Waals surface area contributed by atoms with Crippen molar-refractivity contribution in [3.8, 4) is 11.8 Å². The molecule has 0 N–H and O–H groups in total. The van der Waals surface area contributed by atoms with Gasteiger partial charge in [-0.25, -0.2) is 0 Å². The van der Waals surface area contributed by atoms with E-state index in [0.29, 0.717) is 0 Å². The minimum Gasteiger partial charge on any atom is -0.106 e. The molecule has 0 fully saturated rings. The van der Waals surface area contributed by atoms with E-state index in [1.54, 1.807) is 0 Å². The van der Waals surface area contributed by atoms with E-state index in [-0.39, 0.29) is 5.41 Å². The van der Waals surface area contributed by atoms with Crippen molar-refractivity contribution in [3.63, 3.8) is 0 Å². The lowest BCUT2D eigenvalue weighted by Gasteiger charge is -2.12. The largest absolute Gasteiger partial charge is 0.106 e. The van der Waals surface area contributed by atoms with Crippen LogP contribution in [0.4, 0.5) is 0 Å². The van der Waals surface area contributed by atoms with Crippen molar-refractivity contribution in [3.05, 3.63) is 6.92 Å². The molecule has 0 aromatic carbocycles. The summed E-state index contributed by atoms with van der Waals surface area (Å²) < 4.78 is 0. The molecular formula is C8H13. The Bertz CT molecular complexity index is 110. The van der Waals surface area contributed by atoms with Gasteiger partial charge >= 0.3 is 0 Å². The number of rotatable bonds is 1. The summed E-state index contributed by atoms with van der Waals surface area (Å²) in [5.74, 6) is 5.93. The van der Waals surface area contributed by atoms with E-state index in [2.05, 4.69) is 32.6 Å². The predicted molar refractivity (Wildman–Crippen MR) is 37.2 cm³/mol. The molecule has 0 saturated carbocycles. The van der Waals surface area contributed by atoms with Crippen molar-refractivity contribution in [2.45, 2.75) is 27.2 Å². The van der Waals surface area contributed by atoms with Crippen molar-refractivity contribution >= 4 is 0 Å². The summed E-state index contributed by atoms with van der Waals surface area (Å²) in [4.78, 5) is 0. The van der Waals surface area contributed by atoms with E-state index in [0.717, 1.165) is 6.42 Å². The van der Waals surface area contributed by atoms with Crippen LogP contribution in [-0.2, 0) is 0 Å². The molecule has 0 heterocycles. The third-order valence-electron chi connectivity index (χ3n) is 1.09. The Kier molecular flexibility index (Phi) is 2.62. The minimum atomic E-state index is 0.120. The van der Waals surface area contributed by atoms with Crippen LogP contribution in [0.3, 0.4) is 0 Å². The maximum Gasteiger partial charge on any atom is 0.0258 e. The monoisotopic (exact) mass is 109 g/mol. The lowest BCUT2D eigenvalue weighted by atomic mass is 9.91. The second-order valence-corrected chi connectivity index (χ2v) is 2.51. The maximum atomic E-state index is 3.77. The summed E-state index contributed by atoms with van der Waals surface area (Å²) in [6, 6.07) is 0. The van der Waals surface area contributed by atoms with Gasteiger partial charge in [0.15, 0.2) is 0 Å². The van der Waals surface area contributed by atoms with Gasteiger partial charge in [-0.2, -0.15) is 0 Å². The average molecular weight is 109 g/mol. The zero-order valence-electron chi connectivity index (χ0n) is 5.91.